The number of anilines is 2. The monoisotopic (exact) mass is 264 g/mol. The zero-order chi connectivity index (χ0) is 13.7. The second-order valence-corrected chi connectivity index (χ2v) is 4.97. The fourth-order valence-corrected chi connectivity index (χ4v) is 2.66. The molecule has 0 saturated carbocycles. The van der Waals surface area contributed by atoms with Gasteiger partial charge in [-0.2, -0.15) is 0 Å². The van der Waals surface area contributed by atoms with E-state index in [0.29, 0.717) is 0 Å². The van der Waals surface area contributed by atoms with Gasteiger partial charge in [-0.25, -0.2) is 9.97 Å². The molecular formula is C14H24N4O. The normalized spacial score (nSPS) is 19.3. The van der Waals surface area contributed by atoms with Crippen LogP contribution in [0.4, 0.5) is 11.6 Å². The van der Waals surface area contributed by atoms with Crippen molar-refractivity contribution in [2.45, 2.75) is 33.1 Å². The quantitative estimate of drug-likeness (QED) is 0.885. The molecule has 0 amide bonds. The summed E-state index contributed by atoms with van der Waals surface area (Å²) in [6, 6.07) is 0. The topological polar surface area (TPSA) is 50.3 Å². The van der Waals surface area contributed by atoms with Crippen LogP contribution in [-0.4, -0.2) is 36.7 Å². The lowest BCUT2D eigenvalue weighted by atomic mass is 9.96. The van der Waals surface area contributed by atoms with Gasteiger partial charge in [-0.05, 0) is 25.7 Å². The second kappa shape index (κ2) is 6.59. The number of nitrogens with zero attached hydrogens (tertiary/aromatic N) is 3. The summed E-state index contributed by atoms with van der Waals surface area (Å²) < 4.78 is 5.52. The van der Waals surface area contributed by atoms with E-state index in [9.17, 15) is 0 Å². The summed E-state index contributed by atoms with van der Waals surface area (Å²) in [6.45, 7) is 7.25. The van der Waals surface area contributed by atoms with Crippen molar-refractivity contribution >= 4 is 11.6 Å². The van der Waals surface area contributed by atoms with Crippen molar-refractivity contribution in [2.75, 3.05) is 37.0 Å². The minimum atomic E-state index is 0.760. The molecule has 1 N–H and O–H groups in total. The molecule has 0 radical (unpaired) electrons. The van der Waals surface area contributed by atoms with Crippen LogP contribution in [0.5, 0.6) is 5.75 Å². The molecule has 0 aromatic carbocycles. The molecule has 1 aromatic heterocycles. The molecule has 0 bridgehead atoms. The van der Waals surface area contributed by atoms with Gasteiger partial charge < -0.3 is 15.0 Å². The van der Waals surface area contributed by atoms with Crippen LogP contribution in [0, 0.1) is 5.92 Å². The molecule has 0 spiro atoms. The van der Waals surface area contributed by atoms with Crippen molar-refractivity contribution in [3.63, 3.8) is 0 Å². The van der Waals surface area contributed by atoms with Crippen LogP contribution in [0.1, 0.15) is 33.1 Å². The van der Waals surface area contributed by atoms with E-state index in [1.54, 1.807) is 13.4 Å². The van der Waals surface area contributed by atoms with Gasteiger partial charge in [0.25, 0.3) is 0 Å². The van der Waals surface area contributed by atoms with Crippen molar-refractivity contribution in [3.05, 3.63) is 6.33 Å². The van der Waals surface area contributed by atoms with Crippen LogP contribution in [0.25, 0.3) is 0 Å². The Bertz CT molecular complexity index is 410. The van der Waals surface area contributed by atoms with Gasteiger partial charge in [0.2, 0.25) is 5.75 Å². The van der Waals surface area contributed by atoms with E-state index in [4.69, 9.17) is 4.74 Å². The van der Waals surface area contributed by atoms with Crippen LogP contribution in [-0.2, 0) is 0 Å². The molecule has 2 heterocycles. The highest BCUT2D eigenvalue weighted by Gasteiger charge is 2.23. The highest BCUT2D eigenvalue weighted by molar-refractivity contribution is 5.64. The molecule has 106 valence electrons. The van der Waals surface area contributed by atoms with Crippen molar-refractivity contribution in [3.8, 4) is 5.75 Å². The fourth-order valence-electron chi connectivity index (χ4n) is 2.66. The minimum Gasteiger partial charge on any atom is -0.490 e. The molecule has 2 rings (SSSR count). The molecule has 19 heavy (non-hydrogen) atoms. The molecular weight excluding hydrogens is 240 g/mol. The molecule has 1 unspecified atom stereocenters. The number of methoxy groups -OCH3 is 1. The Morgan fingerprint density at radius 3 is 2.95 bits per heavy atom. The summed E-state index contributed by atoms with van der Waals surface area (Å²) in [5, 5.41) is 3.23. The van der Waals surface area contributed by atoms with Crippen LogP contribution in [0.3, 0.4) is 0 Å². The molecule has 5 nitrogen and oxygen atoms in total. The number of rotatable bonds is 5. The van der Waals surface area contributed by atoms with E-state index in [0.717, 1.165) is 42.9 Å². The lowest BCUT2D eigenvalue weighted by Gasteiger charge is -2.33. The lowest BCUT2D eigenvalue weighted by molar-refractivity contribution is 0.386. The lowest BCUT2D eigenvalue weighted by Crippen LogP contribution is -2.36. The number of hydrogen-bond donors (Lipinski definition) is 1. The van der Waals surface area contributed by atoms with Gasteiger partial charge in [-0.15, -0.1) is 0 Å². The first-order chi connectivity index (χ1) is 9.30. The van der Waals surface area contributed by atoms with Crippen LogP contribution in [0.15, 0.2) is 6.33 Å². The fraction of sp³-hybridized carbons (Fsp3) is 0.714. The molecule has 1 aromatic rings. The number of nitrogens with one attached hydrogen (secondary N) is 1. The molecule has 0 aliphatic carbocycles. The molecule has 1 saturated heterocycles. The predicted molar refractivity (Wildman–Crippen MR) is 78.0 cm³/mol. The summed E-state index contributed by atoms with van der Waals surface area (Å²) >= 11 is 0. The summed E-state index contributed by atoms with van der Waals surface area (Å²) in [5.41, 5.74) is 0. The minimum absolute atomic E-state index is 0.760. The van der Waals surface area contributed by atoms with E-state index >= 15 is 0 Å². The van der Waals surface area contributed by atoms with Crippen molar-refractivity contribution < 1.29 is 4.74 Å². The van der Waals surface area contributed by atoms with E-state index in [2.05, 4.69) is 34.0 Å². The average Bonchev–Trinajstić information content (AvgIpc) is 2.47. The van der Waals surface area contributed by atoms with Crippen molar-refractivity contribution in [2.24, 2.45) is 5.92 Å². The maximum Gasteiger partial charge on any atom is 0.204 e. The van der Waals surface area contributed by atoms with Gasteiger partial charge in [0, 0.05) is 19.6 Å². The van der Waals surface area contributed by atoms with Gasteiger partial charge in [-0.3, -0.25) is 0 Å². The predicted octanol–water partition coefficient (Wildman–Crippen LogP) is 2.54. The third-order valence-electron chi connectivity index (χ3n) is 3.73. The number of aromatic nitrogens is 2. The van der Waals surface area contributed by atoms with E-state index in [-0.39, 0.29) is 0 Å². The van der Waals surface area contributed by atoms with Gasteiger partial charge in [0.1, 0.15) is 6.33 Å². The maximum absolute atomic E-state index is 5.52. The maximum atomic E-state index is 5.52. The van der Waals surface area contributed by atoms with Gasteiger partial charge in [0.15, 0.2) is 11.6 Å². The second-order valence-electron chi connectivity index (χ2n) is 4.97. The largest absolute Gasteiger partial charge is 0.490 e. The van der Waals surface area contributed by atoms with Gasteiger partial charge >= 0.3 is 0 Å². The van der Waals surface area contributed by atoms with E-state index in [1.165, 1.54) is 19.3 Å². The molecule has 1 fully saturated rings. The first-order valence-electron chi connectivity index (χ1n) is 7.17. The Labute approximate surface area is 115 Å². The number of hydrogen-bond acceptors (Lipinski definition) is 5. The highest BCUT2D eigenvalue weighted by atomic mass is 16.5. The molecule has 5 heteroatoms. The zero-order valence-electron chi connectivity index (χ0n) is 12.1. The third kappa shape index (κ3) is 3.08. The van der Waals surface area contributed by atoms with E-state index < -0.39 is 0 Å². The Morgan fingerprint density at radius 2 is 2.26 bits per heavy atom. The Hall–Kier alpha value is -1.52. The first-order valence-corrected chi connectivity index (χ1v) is 7.17. The standard InChI is InChI=1S/C14H24N4O/c1-4-11-7-6-8-18(9-11)14-12(19-3)13(15-5-2)16-10-17-14/h10-11H,4-9H2,1-3H3,(H,15,16,17). The Kier molecular flexibility index (Phi) is 4.82. The van der Waals surface area contributed by atoms with Crippen LogP contribution >= 0.6 is 0 Å². The van der Waals surface area contributed by atoms with E-state index in [1.807, 2.05) is 0 Å². The highest BCUT2D eigenvalue weighted by Crippen LogP contribution is 2.34. The number of ether oxygens (including phenoxy) is 1. The SMILES string of the molecule is CCNc1ncnc(N2CCCC(CC)C2)c1OC. The Morgan fingerprint density at radius 1 is 1.42 bits per heavy atom. The molecule has 1 aliphatic rings. The third-order valence-corrected chi connectivity index (χ3v) is 3.73. The van der Waals surface area contributed by atoms with Crippen LogP contribution in [0.2, 0.25) is 0 Å². The zero-order valence-corrected chi connectivity index (χ0v) is 12.1. The van der Waals surface area contributed by atoms with Crippen molar-refractivity contribution in [1.29, 1.82) is 0 Å². The summed E-state index contributed by atoms with van der Waals surface area (Å²) in [4.78, 5) is 11.0. The number of piperidine rings is 1. The Balaban J connectivity index is 2.25. The summed E-state index contributed by atoms with van der Waals surface area (Å²) in [5.74, 6) is 3.23. The molecule has 1 aliphatic heterocycles. The summed E-state index contributed by atoms with van der Waals surface area (Å²) in [7, 11) is 1.68. The van der Waals surface area contributed by atoms with Crippen molar-refractivity contribution in [1.82, 2.24) is 9.97 Å². The van der Waals surface area contributed by atoms with Gasteiger partial charge in [0.05, 0.1) is 7.11 Å². The summed E-state index contributed by atoms with van der Waals surface area (Å²) in [6.07, 6.45) is 5.39. The molecule has 1 atom stereocenters. The van der Waals surface area contributed by atoms with Crippen LogP contribution < -0.4 is 15.0 Å². The first kappa shape index (κ1) is 13.9. The average molecular weight is 264 g/mol. The van der Waals surface area contributed by atoms with Gasteiger partial charge in [-0.1, -0.05) is 13.3 Å². The smallest absolute Gasteiger partial charge is 0.204 e.